The number of phenols is 1. The molecule has 7 nitrogen and oxygen atoms in total. The van der Waals surface area contributed by atoms with Crippen molar-refractivity contribution in [3.05, 3.63) is 137 Å². The molecule has 2 aliphatic rings. The van der Waals surface area contributed by atoms with Crippen molar-refractivity contribution in [3.63, 3.8) is 0 Å². The summed E-state index contributed by atoms with van der Waals surface area (Å²) in [7, 11) is -3.04. The second-order valence-electron chi connectivity index (χ2n) is 15.8. The maximum atomic E-state index is 14.2. The number of rotatable bonds is 14. The molecule has 0 unspecified atom stereocenters. The summed E-state index contributed by atoms with van der Waals surface area (Å²) in [6.45, 7) is 8.43. The highest BCUT2D eigenvalue weighted by molar-refractivity contribution is 6.99. The van der Waals surface area contributed by atoms with Gasteiger partial charge in [-0.1, -0.05) is 136 Å². The summed E-state index contributed by atoms with van der Waals surface area (Å²) in [6.07, 6.45) is 3.76. The molecule has 0 bridgehead atoms. The molecule has 288 valence electrons. The van der Waals surface area contributed by atoms with E-state index in [1.807, 2.05) is 48.5 Å². The molecule has 3 N–H and O–H groups in total. The Morgan fingerprint density at radius 3 is 2.05 bits per heavy atom. The largest absolute Gasteiger partial charge is 0.508 e. The molecular weight excluding hydrogens is 726 g/mol. The van der Waals surface area contributed by atoms with Gasteiger partial charge in [0.15, 0.2) is 0 Å². The monoisotopic (exact) mass is 777 g/mol. The number of fused-ring (bicyclic) bond motifs is 1. The fraction of sp³-hybridized carbons (Fsp3) is 0.348. The number of benzene rings is 4. The highest BCUT2D eigenvalue weighted by atomic mass is 35.5. The number of allylic oxidation sites excluding steroid dienone is 1. The normalized spacial score (nSPS) is 19.9. The van der Waals surface area contributed by atoms with Crippen molar-refractivity contribution in [1.29, 1.82) is 0 Å². The first-order valence-corrected chi connectivity index (χ1v) is 21.6. The van der Waals surface area contributed by atoms with Crippen molar-refractivity contribution >= 4 is 53.9 Å². The Kier molecular flexibility index (Phi) is 12.6. The smallest absolute Gasteiger partial charge is 0.261 e. The van der Waals surface area contributed by atoms with Crippen LogP contribution in [0.2, 0.25) is 10.1 Å². The molecule has 2 amide bonds. The van der Waals surface area contributed by atoms with Crippen molar-refractivity contribution in [1.82, 2.24) is 0 Å². The number of phenolic OH excluding ortho intramolecular Hbond substituents is 1. The van der Waals surface area contributed by atoms with Crippen LogP contribution < -0.4 is 15.3 Å². The minimum Gasteiger partial charge on any atom is -0.508 e. The second kappa shape index (κ2) is 17.2. The van der Waals surface area contributed by atoms with Gasteiger partial charge in [0.2, 0.25) is 11.8 Å². The molecule has 55 heavy (non-hydrogen) atoms. The van der Waals surface area contributed by atoms with Gasteiger partial charge in [0, 0.05) is 5.92 Å². The molecule has 6 rings (SSSR count). The standard InChI is InChI=1S/C46H52ClNO6Si/c1-5-15-31(26-32-23-24-35(50)28-40(32)47)22-25-41(51)42-33(27-38-43(39(42)29-49)45(53)48(44(38)52)34-16-9-6-10-17-34)30-54-55(46(2,3)4,36-18-11-7-12-19-36)37-20-13-8-14-21-37/h6-14,16-21,23-24,26,28,38-39,41,43,49-51H,5,15,22,25,27,29-30H2,1-4H3/b31-26+/t38-,39+,41-,43-/m1/s1. The lowest BCUT2D eigenvalue weighted by molar-refractivity contribution is -0.123. The van der Waals surface area contributed by atoms with E-state index in [2.05, 4.69) is 52.0 Å². The summed E-state index contributed by atoms with van der Waals surface area (Å²) in [5.41, 5.74) is 3.71. The van der Waals surface area contributed by atoms with Gasteiger partial charge in [-0.05, 0) is 88.1 Å². The van der Waals surface area contributed by atoms with Crippen LogP contribution in [0.25, 0.3) is 6.08 Å². The number of anilines is 1. The number of hydrogen-bond acceptors (Lipinski definition) is 6. The first-order chi connectivity index (χ1) is 26.4. The number of aliphatic hydroxyl groups is 2. The van der Waals surface area contributed by atoms with E-state index in [4.69, 9.17) is 16.0 Å². The summed E-state index contributed by atoms with van der Waals surface area (Å²) in [5.74, 6) is -2.86. The number of nitrogens with zero attached hydrogens (tertiary/aromatic N) is 1. The molecular formula is C46H52ClNO6Si. The lowest BCUT2D eigenvalue weighted by atomic mass is 9.68. The molecule has 1 aliphatic heterocycles. The molecule has 4 aromatic carbocycles. The quantitative estimate of drug-likeness (QED) is 0.0680. The zero-order valence-corrected chi connectivity index (χ0v) is 33.9. The molecule has 4 atom stereocenters. The van der Waals surface area contributed by atoms with Crippen LogP contribution in [0.1, 0.15) is 65.4 Å². The fourth-order valence-corrected chi connectivity index (χ4v) is 13.6. The van der Waals surface area contributed by atoms with Crippen LogP contribution >= 0.6 is 11.6 Å². The molecule has 0 spiro atoms. The van der Waals surface area contributed by atoms with Gasteiger partial charge in [0.1, 0.15) is 5.75 Å². The SMILES string of the molecule is CCC/C(=C\c1ccc(O)cc1Cl)CC[C@@H](O)C1=C(CO[Si](c2ccccc2)(c2ccccc2)C(C)(C)C)C[C@H]2C(=O)N(c3ccccc3)C(=O)[C@H]2[C@H]1CO. The van der Waals surface area contributed by atoms with Crippen LogP contribution in [0.3, 0.4) is 0 Å². The molecule has 1 fully saturated rings. The number of aliphatic hydroxyl groups excluding tert-OH is 2. The Morgan fingerprint density at radius 1 is 0.909 bits per heavy atom. The number of hydrogen-bond donors (Lipinski definition) is 3. The fourth-order valence-electron chi connectivity index (χ4n) is 8.80. The van der Waals surface area contributed by atoms with E-state index in [-0.39, 0.29) is 35.6 Å². The maximum Gasteiger partial charge on any atom is 0.261 e. The van der Waals surface area contributed by atoms with Gasteiger partial charge in [-0.15, -0.1) is 0 Å². The Morgan fingerprint density at radius 2 is 1.51 bits per heavy atom. The highest BCUT2D eigenvalue weighted by Gasteiger charge is 2.56. The third-order valence-electron chi connectivity index (χ3n) is 11.3. The van der Waals surface area contributed by atoms with E-state index in [1.165, 1.54) is 11.0 Å². The van der Waals surface area contributed by atoms with Crippen molar-refractivity contribution < 1.29 is 29.3 Å². The predicted molar refractivity (Wildman–Crippen MR) is 223 cm³/mol. The van der Waals surface area contributed by atoms with Crippen LogP contribution in [0.15, 0.2) is 126 Å². The average molecular weight is 778 g/mol. The molecule has 4 aromatic rings. The Labute approximate surface area is 331 Å². The van der Waals surface area contributed by atoms with E-state index in [1.54, 1.807) is 36.4 Å². The average Bonchev–Trinajstić information content (AvgIpc) is 3.43. The minimum atomic E-state index is -3.04. The first kappa shape index (κ1) is 40.4. The highest BCUT2D eigenvalue weighted by Crippen LogP contribution is 2.48. The van der Waals surface area contributed by atoms with Gasteiger partial charge < -0.3 is 19.7 Å². The lowest BCUT2D eigenvalue weighted by Crippen LogP contribution is -2.66. The topological polar surface area (TPSA) is 107 Å². The number of amides is 2. The second-order valence-corrected chi connectivity index (χ2v) is 20.5. The van der Waals surface area contributed by atoms with Crippen LogP contribution in [0.4, 0.5) is 5.69 Å². The number of aromatic hydroxyl groups is 1. The minimum absolute atomic E-state index is 0.0887. The van der Waals surface area contributed by atoms with E-state index >= 15 is 0 Å². The van der Waals surface area contributed by atoms with Crippen LogP contribution in [-0.2, 0) is 14.0 Å². The molecule has 1 saturated heterocycles. The van der Waals surface area contributed by atoms with E-state index in [0.717, 1.165) is 39.9 Å². The van der Waals surface area contributed by atoms with Gasteiger partial charge >= 0.3 is 0 Å². The van der Waals surface area contributed by atoms with E-state index in [0.29, 0.717) is 29.1 Å². The summed E-state index contributed by atoms with van der Waals surface area (Å²) in [4.78, 5) is 29.7. The third-order valence-corrected chi connectivity index (χ3v) is 16.6. The van der Waals surface area contributed by atoms with Crippen molar-refractivity contribution in [2.75, 3.05) is 18.1 Å². The van der Waals surface area contributed by atoms with Gasteiger partial charge in [0.25, 0.3) is 8.32 Å². The van der Waals surface area contributed by atoms with Crippen molar-refractivity contribution in [3.8, 4) is 5.75 Å². The zero-order valence-electron chi connectivity index (χ0n) is 32.1. The molecule has 1 heterocycles. The molecule has 9 heteroatoms. The maximum absolute atomic E-state index is 14.2. The zero-order chi connectivity index (χ0) is 39.3. The van der Waals surface area contributed by atoms with Crippen molar-refractivity contribution in [2.24, 2.45) is 17.8 Å². The number of carbonyl (C=O) groups excluding carboxylic acids is 2. The number of carbonyl (C=O) groups is 2. The Hall–Kier alpha value is -4.31. The Balaban J connectivity index is 1.43. The van der Waals surface area contributed by atoms with Crippen LogP contribution in [-0.4, -0.2) is 54.8 Å². The summed E-state index contributed by atoms with van der Waals surface area (Å²) in [5, 5.41) is 35.7. The summed E-state index contributed by atoms with van der Waals surface area (Å²) < 4.78 is 7.40. The molecule has 0 radical (unpaired) electrons. The van der Waals surface area contributed by atoms with Crippen LogP contribution in [0.5, 0.6) is 5.75 Å². The van der Waals surface area contributed by atoms with Gasteiger partial charge in [-0.25, -0.2) is 0 Å². The Bertz CT molecular complexity index is 1990. The van der Waals surface area contributed by atoms with E-state index in [9.17, 15) is 24.9 Å². The number of imide groups is 1. The number of halogens is 1. The van der Waals surface area contributed by atoms with Crippen molar-refractivity contribution in [2.45, 2.75) is 70.9 Å². The third kappa shape index (κ3) is 8.16. The lowest BCUT2D eigenvalue weighted by Gasteiger charge is -2.44. The molecule has 0 saturated carbocycles. The summed E-state index contributed by atoms with van der Waals surface area (Å²) >= 11 is 6.48. The van der Waals surface area contributed by atoms with E-state index < -0.39 is 38.8 Å². The first-order valence-electron chi connectivity index (χ1n) is 19.3. The molecule has 1 aliphatic carbocycles. The van der Waals surface area contributed by atoms with Gasteiger partial charge in [-0.2, -0.15) is 0 Å². The summed E-state index contributed by atoms with van der Waals surface area (Å²) in [6, 6.07) is 34.4. The number of para-hydroxylation sites is 1. The molecule has 0 aromatic heterocycles. The van der Waals surface area contributed by atoms with Crippen LogP contribution in [0, 0.1) is 17.8 Å². The predicted octanol–water partition coefficient (Wildman–Crippen LogP) is 8.06. The van der Waals surface area contributed by atoms with Gasteiger partial charge in [-0.3, -0.25) is 14.5 Å². The van der Waals surface area contributed by atoms with Gasteiger partial charge in [0.05, 0.1) is 41.9 Å².